The number of nitrogens with one attached hydrogen (secondary N) is 2. The fourth-order valence-corrected chi connectivity index (χ4v) is 4.79. The molecule has 2 aromatic rings. The minimum absolute atomic E-state index is 0.00892. The Morgan fingerprint density at radius 1 is 0.955 bits per heavy atom. The van der Waals surface area contributed by atoms with E-state index in [4.69, 9.17) is 4.74 Å². The van der Waals surface area contributed by atoms with Crippen molar-refractivity contribution in [1.82, 2.24) is 20.4 Å². The number of halogens is 1. The van der Waals surface area contributed by atoms with E-state index in [9.17, 15) is 24.0 Å². The lowest BCUT2D eigenvalue weighted by Gasteiger charge is -2.35. The van der Waals surface area contributed by atoms with Gasteiger partial charge in [-0.05, 0) is 55.5 Å². The highest BCUT2D eigenvalue weighted by Crippen LogP contribution is 2.18. The lowest BCUT2D eigenvalue weighted by atomic mass is 10.0. The third-order valence-corrected chi connectivity index (χ3v) is 7.18. The van der Waals surface area contributed by atoms with Crippen LogP contribution in [0.3, 0.4) is 0 Å². The average molecular weight is 612 g/mol. The van der Waals surface area contributed by atoms with Crippen LogP contribution in [0.2, 0.25) is 0 Å². The van der Waals surface area contributed by atoms with Crippen molar-refractivity contribution in [3.8, 4) is 0 Å². The highest BCUT2D eigenvalue weighted by atomic mass is 19.1. The predicted octanol–water partition coefficient (Wildman–Crippen LogP) is 3.14. The molecule has 0 aromatic heterocycles. The van der Waals surface area contributed by atoms with Gasteiger partial charge in [-0.15, -0.1) is 0 Å². The number of anilines is 1. The Kier molecular flexibility index (Phi) is 12.2. The van der Waals surface area contributed by atoms with Crippen molar-refractivity contribution in [2.24, 2.45) is 5.92 Å². The summed E-state index contributed by atoms with van der Waals surface area (Å²) in [7, 11) is 3.75. The summed E-state index contributed by atoms with van der Waals surface area (Å²) in [6.45, 7) is 4.56. The zero-order valence-electron chi connectivity index (χ0n) is 25.9. The van der Waals surface area contributed by atoms with Gasteiger partial charge in [-0.2, -0.15) is 0 Å². The second-order valence-electron chi connectivity index (χ2n) is 11.5. The minimum Gasteiger partial charge on any atom is -0.445 e. The third kappa shape index (κ3) is 9.51. The number of alkyl carbamates (subject to hydrolysis) is 1. The third-order valence-electron chi connectivity index (χ3n) is 7.18. The average Bonchev–Trinajstić information content (AvgIpc) is 2.99. The molecule has 0 radical (unpaired) electrons. The van der Waals surface area contributed by atoms with Crippen LogP contribution in [0.4, 0.5) is 14.9 Å². The maximum atomic E-state index is 15.5. The van der Waals surface area contributed by atoms with Gasteiger partial charge >= 0.3 is 6.09 Å². The minimum atomic E-state index is -2.30. The predicted molar refractivity (Wildman–Crippen MR) is 164 cm³/mol. The van der Waals surface area contributed by atoms with Gasteiger partial charge in [0.25, 0.3) is 5.91 Å². The van der Waals surface area contributed by atoms with E-state index < -0.39 is 54.5 Å². The molecule has 3 atom stereocenters. The molecule has 11 nitrogen and oxygen atoms in total. The standard InChI is InChI=1S/C32H42FN5O6/c1-21(2)18-26(35-29(40)24-12-14-25(15-13-24)36(4)5)31(42)38-17-9-16-37(19-27(39)28(38)33)30(41)22(3)34-32(43)44-20-23-10-7-6-8-11-23/h6-8,10-15,21-22,26,28H,9,16-20H2,1-5H3,(H,34,43)(H,35,40)/t22-,26?,28?/m1/s1. The van der Waals surface area contributed by atoms with Gasteiger partial charge in [-0.3, -0.25) is 19.2 Å². The van der Waals surface area contributed by atoms with Crippen molar-refractivity contribution in [3.63, 3.8) is 0 Å². The maximum Gasteiger partial charge on any atom is 0.408 e. The molecule has 3 rings (SSSR count). The van der Waals surface area contributed by atoms with E-state index in [1.165, 1.54) is 11.8 Å². The topological polar surface area (TPSA) is 128 Å². The fraction of sp³-hybridized carbons (Fsp3) is 0.469. The summed E-state index contributed by atoms with van der Waals surface area (Å²) >= 11 is 0. The van der Waals surface area contributed by atoms with Gasteiger partial charge < -0.3 is 30.1 Å². The number of carbonyl (C=O) groups excluding carboxylic acids is 5. The monoisotopic (exact) mass is 611 g/mol. The number of Topliss-reactive ketones (excluding diaryl/α,β-unsaturated/α-hetero) is 1. The smallest absolute Gasteiger partial charge is 0.408 e. The molecule has 2 aromatic carbocycles. The number of carbonyl (C=O) groups is 5. The molecule has 12 heteroatoms. The van der Waals surface area contributed by atoms with Crippen molar-refractivity contribution in [1.29, 1.82) is 0 Å². The summed E-state index contributed by atoms with van der Waals surface area (Å²) in [4.78, 5) is 68.6. The molecule has 1 aliphatic rings. The van der Waals surface area contributed by atoms with Gasteiger partial charge in [0.2, 0.25) is 23.9 Å². The van der Waals surface area contributed by atoms with Gasteiger partial charge in [-0.1, -0.05) is 44.2 Å². The molecule has 4 amide bonds. The molecular weight excluding hydrogens is 569 g/mol. The first-order valence-electron chi connectivity index (χ1n) is 14.7. The number of benzene rings is 2. The summed E-state index contributed by atoms with van der Waals surface area (Å²) in [5.41, 5.74) is 2.02. The number of hydrogen-bond acceptors (Lipinski definition) is 7. The molecule has 0 spiro atoms. The first-order chi connectivity index (χ1) is 20.9. The Bertz CT molecular complexity index is 1300. The van der Waals surface area contributed by atoms with Crippen molar-refractivity contribution in [2.75, 3.05) is 38.6 Å². The Labute approximate surface area is 257 Å². The number of nitrogens with zero attached hydrogens (tertiary/aromatic N) is 3. The summed E-state index contributed by atoms with van der Waals surface area (Å²) < 4.78 is 20.7. The fourth-order valence-electron chi connectivity index (χ4n) is 4.79. The van der Waals surface area contributed by atoms with Crippen LogP contribution in [0.25, 0.3) is 0 Å². The lowest BCUT2D eigenvalue weighted by Crippen LogP contribution is -2.57. The maximum absolute atomic E-state index is 15.5. The van der Waals surface area contributed by atoms with Crippen LogP contribution < -0.4 is 15.5 Å². The van der Waals surface area contributed by atoms with Crippen LogP contribution in [-0.4, -0.2) is 91.5 Å². The molecule has 2 N–H and O–H groups in total. The summed E-state index contributed by atoms with van der Waals surface area (Å²) in [6.07, 6.45) is -2.68. The molecule has 1 fully saturated rings. The molecule has 1 aliphatic heterocycles. The van der Waals surface area contributed by atoms with Gasteiger partial charge in [0.05, 0.1) is 6.54 Å². The van der Waals surface area contributed by atoms with Crippen molar-refractivity contribution < 1.29 is 33.1 Å². The number of ketones is 1. The number of ether oxygens (including phenoxy) is 1. The number of amides is 4. The zero-order chi connectivity index (χ0) is 32.4. The van der Waals surface area contributed by atoms with Gasteiger partial charge in [0.15, 0.2) is 0 Å². The van der Waals surface area contributed by atoms with Crippen LogP contribution in [-0.2, 0) is 25.7 Å². The summed E-state index contributed by atoms with van der Waals surface area (Å²) in [5.74, 6) is -2.74. The Morgan fingerprint density at radius 2 is 1.61 bits per heavy atom. The number of hydrogen-bond donors (Lipinski definition) is 2. The number of rotatable bonds is 10. The van der Waals surface area contributed by atoms with Gasteiger partial charge in [0.1, 0.15) is 18.7 Å². The molecule has 44 heavy (non-hydrogen) atoms. The highest BCUT2D eigenvalue weighted by Gasteiger charge is 2.38. The van der Waals surface area contributed by atoms with Crippen LogP contribution in [0.5, 0.6) is 0 Å². The molecule has 0 aliphatic carbocycles. The Hall–Kier alpha value is -4.48. The van der Waals surface area contributed by atoms with E-state index >= 15 is 4.39 Å². The molecule has 2 unspecified atom stereocenters. The first kappa shape index (κ1) is 34.0. The van der Waals surface area contributed by atoms with Crippen molar-refractivity contribution in [2.45, 2.75) is 58.6 Å². The normalized spacial score (nSPS) is 16.8. The lowest BCUT2D eigenvalue weighted by molar-refractivity contribution is -0.151. The zero-order valence-corrected chi connectivity index (χ0v) is 25.9. The van der Waals surface area contributed by atoms with E-state index in [1.54, 1.807) is 48.5 Å². The largest absolute Gasteiger partial charge is 0.445 e. The van der Waals surface area contributed by atoms with Crippen molar-refractivity contribution >= 4 is 35.3 Å². The van der Waals surface area contributed by atoms with Crippen LogP contribution in [0.15, 0.2) is 54.6 Å². The number of alkyl halides is 1. The van der Waals surface area contributed by atoms with Crippen LogP contribution >= 0.6 is 0 Å². The van der Waals surface area contributed by atoms with E-state index in [0.29, 0.717) is 5.56 Å². The molecule has 1 heterocycles. The summed E-state index contributed by atoms with van der Waals surface area (Å²) in [5, 5.41) is 5.17. The van der Waals surface area contributed by atoms with Gasteiger partial charge in [0, 0.05) is 38.4 Å². The van der Waals surface area contributed by atoms with Gasteiger partial charge in [-0.25, -0.2) is 9.18 Å². The molecular formula is C32H42FN5O6. The Morgan fingerprint density at radius 3 is 2.23 bits per heavy atom. The van der Waals surface area contributed by atoms with Crippen LogP contribution in [0.1, 0.15) is 49.5 Å². The van der Waals surface area contributed by atoms with Crippen molar-refractivity contribution in [3.05, 3.63) is 65.7 Å². The quantitative estimate of drug-likeness (QED) is 0.395. The second-order valence-corrected chi connectivity index (χ2v) is 11.5. The molecule has 0 bridgehead atoms. The van der Waals surface area contributed by atoms with Crippen LogP contribution in [0, 0.1) is 5.92 Å². The molecule has 238 valence electrons. The summed E-state index contributed by atoms with van der Waals surface area (Å²) in [6, 6.07) is 13.8. The SMILES string of the molecule is CC(C)CC(NC(=O)c1ccc(N(C)C)cc1)C(=O)N1CCCN(C(=O)[C@@H](C)NC(=O)OCc2ccccc2)CC(=O)C1F. The van der Waals surface area contributed by atoms with E-state index in [2.05, 4.69) is 10.6 Å². The highest BCUT2D eigenvalue weighted by molar-refractivity contribution is 5.99. The van der Waals surface area contributed by atoms with E-state index in [1.807, 2.05) is 38.9 Å². The molecule has 1 saturated heterocycles. The van der Waals surface area contributed by atoms with E-state index in [-0.39, 0.29) is 38.5 Å². The van der Waals surface area contributed by atoms with E-state index in [0.717, 1.165) is 16.2 Å². The Balaban J connectivity index is 1.61. The molecule has 0 saturated carbocycles. The second kappa shape index (κ2) is 15.8. The first-order valence-corrected chi connectivity index (χ1v) is 14.7.